The van der Waals surface area contributed by atoms with Gasteiger partial charge in [0.15, 0.2) is 5.78 Å². The molecule has 106 valence electrons. The van der Waals surface area contributed by atoms with Crippen LogP contribution in [0.1, 0.15) is 48.4 Å². The number of hydrogen-bond donors (Lipinski definition) is 0. The minimum Gasteiger partial charge on any atom is -0.487 e. The molecule has 2 aromatic rings. The Labute approximate surface area is 119 Å². The van der Waals surface area contributed by atoms with Crippen LogP contribution in [0, 0.1) is 6.92 Å². The van der Waals surface area contributed by atoms with Crippen molar-refractivity contribution >= 4 is 5.78 Å². The Kier molecular flexibility index (Phi) is 4.23. The Bertz CT molecular complexity index is 615. The van der Waals surface area contributed by atoms with Gasteiger partial charge in [-0.2, -0.15) is 0 Å². The molecule has 0 saturated heterocycles. The van der Waals surface area contributed by atoms with Crippen molar-refractivity contribution in [2.24, 2.45) is 0 Å². The van der Waals surface area contributed by atoms with E-state index in [1.165, 1.54) is 0 Å². The summed E-state index contributed by atoms with van der Waals surface area (Å²) >= 11 is 0. The van der Waals surface area contributed by atoms with Gasteiger partial charge in [-0.3, -0.25) is 4.79 Å². The van der Waals surface area contributed by atoms with Crippen molar-refractivity contribution in [2.45, 2.75) is 40.3 Å². The second-order valence-corrected chi connectivity index (χ2v) is 5.21. The first-order valence-electron chi connectivity index (χ1n) is 6.74. The van der Waals surface area contributed by atoms with Gasteiger partial charge in [-0.15, -0.1) is 0 Å². The fourth-order valence-electron chi connectivity index (χ4n) is 2.09. The second kappa shape index (κ2) is 5.90. The van der Waals surface area contributed by atoms with Gasteiger partial charge in [0, 0.05) is 11.6 Å². The summed E-state index contributed by atoms with van der Waals surface area (Å²) in [6, 6.07) is 5.86. The van der Waals surface area contributed by atoms with E-state index in [0.29, 0.717) is 18.2 Å². The fraction of sp³-hybridized carbons (Fsp3) is 0.375. The minimum atomic E-state index is 0.0672. The lowest BCUT2D eigenvalue weighted by Crippen LogP contribution is -2.07. The van der Waals surface area contributed by atoms with E-state index < -0.39 is 0 Å². The minimum absolute atomic E-state index is 0.0672. The summed E-state index contributed by atoms with van der Waals surface area (Å²) < 4.78 is 7.92. The highest BCUT2D eigenvalue weighted by Gasteiger charge is 2.08. The summed E-state index contributed by atoms with van der Waals surface area (Å²) in [5.41, 5.74) is 2.71. The van der Waals surface area contributed by atoms with Crippen LogP contribution in [0.4, 0.5) is 0 Å². The summed E-state index contributed by atoms with van der Waals surface area (Å²) in [7, 11) is 0. The molecule has 0 unspecified atom stereocenters. The van der Waals surface area contributed by atoms with Gasteiger partial charge in [0.1, 0.15) is 12.4 Å². The number of aryl methyl sites for hydroxylation is 1. The SMILES string of the molecule is CC(=O)c1ccc(OCc2cncn2C(C)C)c(C)c1. The van der Waals surface area contributed by atoms with E-state index in [2.05, 4.69) is 23.4 Å². The third kappa shape index (κ3) is 3.07. The van der Waals surface area contributed by atoms with E-state index >= 15 is 0 Å². The van der Waals surface area contributed by atoms with Crippen molar-refractivity contribution in [3.05, 3.63) is 47.5 Å². The highest BCUT2D eigenvalue weighted by molar-refractivity contribution is 5.94. The molecule has 0 atom stereocenters. The lowest BCUT2D eigenvalue weighted by atomic mass is 10.1. The van der Waals surface area contributed by atoms with Crippen LogP contribution in [0.5, 0.6) is 5.75 Å². The Hall–Kier alpha value is -2.10. The number of aromatic nitrogens is 2. The summed E-state index contributed by atoms with van der Waals surface area (Å²) in [6.45, 7) is 8.20. The topological polar surface area (TPSA) is 44.1 Å². The van der Waals surface area contributed by atoms with Crippen LogP contribution in [-0.2, 0) is 6.61 Å². The van der Waals surface area contributed by atoms with E-state index in [0.717, 1.165) is 17.0 Å². The zero-order valence-electron chi connectivity index (χ0n) is 12.4. The van der Waals surface area contributed by atoms with Crippen molar-refractivity contribution in [3.8, 4) is 5.75 Å². The van der Waals surface area contributed by atoms with E-state index in [9.17, 15) is 4.79 Å². The maximum absolute atomic E-state index is 11.3. The molecule has 0 aliphatic rings. The first kappa shape index (κ1) is 14.3. The van der Waals surface area contributed by atoms with Crippen LogP contribution in [0.2, 0.25) is 0 Å². The Morgan fingerprint density at radius 2 is 2.15 bits per heavy atom. The number of ketones is 1. The van der Waals surface area contributed by atoms with Crippen LogP contribution < -0.4 is 4.74 Å². The molecule has 4 heteroatoms. The molecule has 4 nitrogen and oxygen atoms in total. The largest absolute Gasteiger partial charge is 0.487 e. The predicted molar refractivity (Wildman–Crippen MR) is 78.1 cm³/mol. The Morgan fingerprint density at radius 3 is 2.75 bits per heavy atom. The zero-order chi connectivity index (χ0) is 14.7. The molecule has 0 radical (unpaired) electrons. The quantitative estimate of drug-likeness (QED) is 0.782. The van der Waals surface area contributed by atoms with Crippen LogP contribution in [0.3, 0.4) is 0 Å². The van der Waals surface area contributed by atoms with Crippen LogP contribution in [-0.4, -0.2) is 15.3 Å². The van der Waals surface area contributed by atoms with Crippen LogP contribution in [0.15, 0.2) is 30.7 Å². The number of carbonyl (C=O) groups is 1. The van der Waals surface area contributed by atoms with Gasteiger partial charge < -0.3 is 9.30 Å². The molecule has 0 fully saturated rings. The fourth-order valence-corrected chi connectivity index (χ4v) is 2.09. The second-order valence-electron chi connectivity index (χ2n) is 5.21. The smallest absolute Gasteiger partial charge is 0.159 e. The maximum Gasteiger partial charge on any atom is 0.159 e. The van der Waals surface area contributed by atoms with Gasteiger partial charge >= 0.3 is 0 Å². The van der Waals surface area contributed by atoms with Gasteiger partial charge in [-0.25, -0.2) is 4.98 Å². The molecule has 1 aromatic heterocycles. The first-order chi connectivity index (χ1) is 9.49. The number of ether oxygens (including phenoxy) is 1. The highest BCUT2D eigenvalue weighted by atomic mass is 16.5. The molecule has 0 saturated carbocycles. The lowest BCUT2D eigenvalue weighted by molar-refractivity contribution is 0.101. The molecule has 20 heavy (non-hydrogen) atoms. The molecule has 0 N–H and O–H groups in total. The van der Waals surface area contributed by atoms with Crippen molar-refractivity contribution in [2.75, 3.05) is 0 Å². The maximum atomic E-state index is 11.3. The number of carbonyl (C=O) groups excluding carboxylic acids is 1. The molecule has 1 aromatic carbocycles. The third-order valence-corrected chi connectivity index (χ3v) is 3.26. The normalized spacial score (nSPS) is 10.8. The van der Waals surface area contributed by atoms with Gasteiger partial charge in [0.25, 0.3) is 0 Å². The van der Waals surface area contributed by atoms with E-state index in [-0.39, 0.29) is 5.78 Å². The summed E-state index contributed by atoms with van der Waals surface area (Å²) in [5, 5.41) is 0. The van der Waals surface area contributed by atoms with E-state index in [1.54, 1.807) is 13.0 Å². The number of rotatable bonds is 5. The molecule has 0 spiro atoms. The average Bonchev–Trinajstić information content (AvgIpc) is 2.85. The molecule has 2 rings (SSSR count). The Morgan fingerprint density at radius 1 is 1.40 bits per heavy atom. The number of hydrogen-bond acceptors (Lipinski definition) is 3. The molecule has 0 aliphatic carbocycles. The standard InChI is InChI=1S/C16H20N2O2/c1-11(2)18-10-17-8-15(18)9-20-16-6-5-14(13(4)19)7-12(16)3/h5-8,10-11H,9H2,1-4H3. The first-order valence-corrected chi connectivity index (χ1v) is 6.74. The summed E-state index contributed by atoms with van der Waals surface area (Å²) in [4.78, 5) is 15.5. The van der Waals surface area contributed by atoms with Gasteiger partial charge in [-0.1, -0.05) is 0 Å². The molecule has 0 aliphatic heterocycles. The third-order valence-electron chi connectivity index (χ3n) is 3.26. The number of nitrogens with zero attached hydrogens (tertiary/aromatic N) is 2. The van der Waals surface area contributed by atoms with Crippen molar-refractivity contribution < 1.29 is 9.53 Å². The lowest BCUT2D eigenvalue weighted by Gasteiger charge is -2.14. The van der Waals surface area contributed by atoms with Gasteiger partial charge in [-0.05, 0) is 51.5 Å². The monoisotopic (exact) mass is 272 g/mol. The van der Waals surface area contributed by atoms with Crippen molar-refractivity contribution in [1.82, 2.24) is 9.55 Å². The molecular weight excluding hydrogens is 252 g/mol. The summed E-state index contributed by atoms with van der Waals surface area (Å²) in [5.74, 6) is 0.865. The van der Waals surface area contributed by atoms with Crippen molar-refractivity contribution in [1.29, 1.82) is 0 Å². The highest BCUT2D eigenvalue weighted by Crippen LogP contribution is 2.21. The van der Waals surface area contributed by atoms with Crippen LogP contribution >= 0.6 is 0 Å². The number of benzene rings is 1. The molecular formula is C16H20N2O2. The van der Waals surface area contributed by atoms with Crippen molar-refractivity contribution in [3.63, 3.8) is 0 Å². The number of imidazole rings is 1. The van der Waals surface area contributed by atoms with Gasteiger partial charge in [0.2, 0.25) is 0 Å². The van der Waals surface area contributed by atoms with E-state index in [1.807, 2.05) is 31.6 Å². The number of Topliss-reactive ketones (excluding diaryl/α,β-unsaturated/α-hetero) is 1. The molecule has 0 bridgehead atoms. The zero-order valence-corrected chi connectivity index (χ0v) is 12.4. The molecule has 0 amide bonds. The van der Waals surface area contributed by atoms with E-state index in [4.69, 9.17) is 4.74 Å². The predicted octanol–water partition coefficient (Wildman–Crippen LogP) is 3.55. The van der Waals surface area contributed by atoms with Gasteiger partial charge in [0.05, 0.1) is 18.2 Å². The van der Waals surface area contributed by atoms with Crippen LogP contribution in [0.25, 0.3) is 0 Å². The average molecular weight is 272 g/mol. The molecule has 1 heterocycles. The summed E-state index contributed by atoms with van der Waals surface area (Å²) in [6.07, 6.45) is 3.63. The Balaban J connectivity index is 2.11.